The van der Waals surface area contributed by atoms with Crippen LogP contribution in [-0.2, 0) is 4.74 Å². The average Bonchev–Trinajstić information content (AvgIpc) is 3.26. The quantitative estimate of drug-likeness (QED) is 0.476. The van der Waals surface area contributed by atoms with Crippen LogP contribution in [0.5, 0.6) is 0 Å². The third-order valence-corrected chi connectivity index (χ3v) is 3.43. The van der Waals surface area contributed by atoms with Gasteiger partial charge in [0.25, 0.3) is 0 Å². The Balaban J connectivity index is 1.62. The monoisotopic (exact) mass is 264 g/mol. The van der Waals surface area contributed by atoms with Gasteiger partial charge in [-0.05, 0) is 24.6 Å². The van der Waals surface area contributed by atoms with E-state index in [1.807, 2.05) is 67.6 Å². The van der Waals surface area contributed by atoms with Gasteiger partial charge in [0.15, 0.2) is 5.78 Å². The first kappa shape index (κ1) is 12.8. The highest BCUT2D eigenvalue weighted by molar-refractivity contribution is 6.04. The highest BCUT2D eigenvalue weighted by atomic mass is 16.6. The predicted octanol–water partition coefficient (Wildman–Crippen LogP) is 3.87. The van der Waals surface area contributed by atoms with Gasteiger partial charge in [-0.3, -0.25) is 4.79 Å². The maximum absolute atomic E-state index is 12.0. The Bertz CT molecular complexity index is 626. The van der Waals surface area contributed by atoms with Gasteiger partial charge in [-0.2, -0.15) is 0 Å². The number of hydrogen-bond donors (Lipinski definition) is 0. The number of carbonyl (C=O) groups is 1. The van der Waals surface area contributed by atoms with Gasteiger partial charge >= 0.3 is 0 Å². The van der Waals surface area contributed by atoms with Crippen LogP contribution in [0.15, 0.2) is 66.7 Å². The van der Waals surface area contributed by atoms with Gasteiger partial charge in [-0.25, -0.2) is 0 Å². The molecule has 0 spiro atoms. The van der Waals surface area contributed by atoms with E-state index in [0.29, 0.717) is 5.56 Å². The van der Waals surface area contributed by atoms with Gasteiger partial charge < -0.3 is 4.74 Å². The van der Waals surface area contributed by atoms with Crippen molar-refractivity contribution in [2.45, 2.75) is 19.1 Å². The second-order valence-electron chi connectivity index (χ2n) is 5.02. The fraction of sp³-hybridized carbons (Fsp3) is 0.167. The molecule has 2 aromatic carbocycles. The second-order valence-corrected chi connectivity index (χ2v) is 5.02. The van der Waals surface area contributed by atoms with E-state index in [0.717, 1.165) is 11.1 Å². The van der Waals surface area contributed by atoms with E-state index in [1.165, 1.54) is 0 Å². The summed E-state index contributed by atoms with van der Waals surface area (Å²) in [7, 11) is 0. The summed E-state index contributed by atoms with van der Waals surface area (Å²) in [5, 5.41) is 0. The Morgan fingerprint density at radius 3 is 2.45 bits per heavy atom. The van der Waals surface area contributed by atoms with Gasteiger partial charge in [-0.1, -0.05) is 60.2 Å². The van der Waals surface area contributed by atoms with Crippen LogP contribution >= 0.6 is 0 Å². The number of ketones is 1. The van der Waals surface area contributed by atoms with E-state index < -0.39 is 0 Å². The summed E-state index contributed by atoms with van der Waals surface area (Å²) in [5.74, 6) is 0.0207. The summed E-state index contributed by atoms with van der Waals surface area (Å²) in [6, 6.07) is 17.7. The summed E-state index contributed by atoms with van der Waals surface area (Å²) < 4.78 is 5.57. The highest BCUT2D eigenvalue weighted by Crippen LogP contribution is 2.39. The number of hydrogen-bond acceptors (Lipinski definition) is 2. The number of rotatable bonds is 4. The standard InChI is InChI=1S/C18H16O2/c1-13-7-9-14(10-8-13)16(19)11-12-17-18(20-17)15-5-3-2-4-6-15/h2-12,17-18H,1H3/b12-11+/t17-,18-/m1/s1. The molecule has 1 aliphatic rings. The molecule has 2 atom stereocenters. The number of carbonyl (C=O) groups excluding carboxylic acids is 1. The molecule has 0 aromatic heterocycles. The lowest BCUT2D eigenvalue weighted by molar-refractivity contribution is 0.104. The molecule has 1 fully saturated rings. The molecule has 1 aliphatic heterocycles. The van der Waals surface area contributed by atoms with Crippen molar-refractivity contribution in [3.8, 4) is 0 Å². The van der Waals surface area contributed by atoms with E-state index in [1.54, 1.807) is 6.08 Å². The lowest BCUT2D eigenvalue weighted by Gasteiger charge is -1.96. The topological polar surface area (TPSA) is 29.6 Å². The third-order valence-electron chi connectivity index (χ3n) is 3.43. The molecule has 0 saturated carbocycles. The summed E-state index contributed by atoms with van der Waals surface area (Å²) >= 11 is 0. The lowest BCUT2D eigenvalue weighted by atomic mass is 10.1. The highest BCUT2D eigenvalue weighted by Gasteiger charge is 2.37. The zero-order valence-corrected chi connectivity index (χ0v) is 11.3. The Kier molecular flexibility index (Phi) is 3.48. The number of benzene rings is 2. The molecule has 1 saturated heterocycles. The van der Waals surface area contributed by atoms with E-state index in [2.05, 4.69) is 0 Å². The molecule has 2 heteroatoms. The van der Waals surface area contributed by atoms with Crippen molar-refractivity contribution < 1.29 is 9.53 Å². The van der Waals surface area contributed by atoms with Crippen molar-refractivity contribution in [2.75, 3.05) is 0 Å². The van der Waals surface area contributed by atoms with Crippen LogP contribution in [0.3, 0.4) is 0 Å². The Morgan fingerprint density at radius 2 is 1.75 bits per heavy atom. The second kappa shape index (κ2) is 5.43. The summed E-state index contributed by atoms with van der Waals surface area (Å²) in [6.45, 7) is 2.01. The van der Waals surface area contributed by atoms with Crippen molar-refractivity contribution in [1.82, 2.24) is 0 Å². The molecule has 0 unspecified atom stereocenters. The largest absolute Gasteiger partial charge is 0.360 e. The van der Waals surface area contributed by atoms with E-state index in [-0.39, 0.29) is 18.0 Å². The molecule has 0 aliphatic carbocycles. The molecule has 100 valence electrons. The molecule has 2 aromatic rings. The minimum atomic E-state index is 0.0202. The van der Waals surface area contributed by atoms with Crippen molar-refractivity contribution in [2.24, 2.45) is 0 Å². The van der Waals surface area contributed by atoms with Crippen molar-refractivity contribution in [3.63, 3.8) is 0 Å². The van der Waals surface area contributed by atoms with Gasteiger partial charge in [0.2, 0.25) is 0 Å². The first-order valence-corrected chi connectivity index (χ1v) is 6.73. The normalized spacial score (nSPS) is 21.1. The molecular formula is C18H16O2. The molecule has 3 rings (SSSR count). The van der Waals surface area contributed by atoms with E-state index >= 15 is 0 Å². The van der Waals surface area contributed by atoms with E-state index in [4.69, 9.17) is 4.74 Å². The van der Waals surface area contributed by atoms with Gasteiger partial charge in [0.05, 0.1) is 0 Å². The first-order chi connectivity index (χ1) is 9.74. The van der Waals surface area contributed by atoms with Crippen LogP contribution in [-0.4, -0.2) is 11.9 Å². The van der Waals surface area contributed by atoms with Gasteiger partial charge in [-0.15, -0.1) is 0 Å². The van der Waals surface area contributed by atoms with Crippen LogP contribution in [0.2, 0.25) is 0 Å². The molecule has 0 radical (unpaired) electrons. The smallest absolute Gasteiger partial charge is 0.185 e. The van der Waals surface area contributed by atoms with Crippen LogP contribution in [0, 0.1) is 6.92 Å². The SMILES string of the molecule is Cc1ccc(C(=O)/C=C/[C@H]2O[C@@H]2c2ccccc2)cc1. The maximum Gasteiger partial charge on any atom is 0.185 e. The fourth-order valence-corrected chi connectivity index (χ4v) is 2.18. The Hall–Kier alpha value is -2.19. The molecule has 1 heterocycles. The number of epoxide rings is 1. The number of ether oxygens (including phenoxy) is 1. The fourth-order valence-electron chi connectivity index (χ4n) is 2.18. The number of allylic oxidation sites excluding steroid dienone is 1. The Morgan fingerprint density at radius 1 is 1.05 bits per heavy atom. The van der Waals surface area contributed by atoms with E-state index in [9.17, 15) is 4.79 Å². The van der Waals surface area contributed by atoms with Crippen molar-refractivity contribution in [1.29, 1.82) is 0 Å². The van der Waals surface area contributed by atoms with Crippen LogP contribution in [0.4, 0.5) is 0 Å². The first-order valence-electron chi connectivity index (χ1n) is 6.73. The van der Waals surface area contributed by atoms with Crippen LogP contribution in [0.1, 0.15) is 27.6 Å². The molecular weight excluding hydrogens is 248 g/mol. The van der Waals surface area contributed by atoms with Gasteiger partial charge in [0.1, 0.15) is 12.2 Å². The number of aryl methyl sites for hydroxylation is 1. The summed E-state index contributed by atoms with van der Waals surface area (Å²) in [6.07, 6.45) is 3.57. The van der Waals surface area contributed by atoms with Gasteiger partial charge in [0, 0.05) is 5.56 Å². The molecule has 0 N–H and O–H groups in total. The van der Waals surface area contributed by atoms with Crippen molar-refractivity contribution in [3.05, 3.63) is 83.4 Å². The Labute approximate surface area is 118 Å². The molecule has 0 bridgehead atoms. The third kappa shape index (κ3) is 2.86. The average molecular weight is 264 g/mol. The molecule has 20 heavy (non-hydrogen) atoms. The molecule has 0 amide bonds. The predicted molar refractivity (Wildman–Crippen MR) is 78.7 cm³/mol. The zero-order chi connectivity index (χ0) is 13.9. The zero-order valence-electron chi connectivity index (χ0n) is 11.3. The molecule has 2 nitrogen and oxygen atoms in total. The lowest BCUT2D eigenvalue weighted by Crippen LogP contribution is -1.95. The summed E-state index contributed by atoms with van der Waals surface area (Å²) in [5.41, 5.74) is 3.02. The summed E-state index contributed by atoms with van der Waals surface area (Å²) in [4.78, 5) is 12.0. The maximum atomic E-state index is 12.0. The minimum Gasteiger partial charge on any atom is -0.360 e. The minimum absolute atomic E-state index is 0.0202. The van der Waals surface area contributed by atoms with Crippen LogP contribution < -0.4 is 0 Å². The van der Waals surface area contributed by atoms with Crippen molar-refractivity contribution >= 4 is 5.78 Å². The van der Waals surface area contributed by atoms with Crippen LogP contribution in [0.25, 0.3) is 0 Å².